The van der Waals surface area contributed by atoms with Gasteiger partial charge in [0.1, 0.15) is 12.6 Å². The quantitative estimate of drug-likeness (QED) is 0.629. The van der Waals surface area contributed by atoms with Gasteiger partial charge >= 0.3 is 12.1 Å². The maximum atomic E-state index is 12.4. The third-order valence-corrected chi connectivity index (χ3v) is 5.55. The van der Waals surface area contributed by atoms with Gasteiger partial charge in [-0.1, -0.05) is 48.5 Å². The number of carbonyl (C=O) groups is 2. The van der Waals surface area contributed by atoms with Crippen LogP contribution in [0.5, 0.6) is 0 Å². The number of aryl methyl sites for hydroxylation is 2. The molecule has 0 saturated carbocycles. The summed E-state index contributed by atoms with van der Waals surface area (Å²) in [5.74, 6) is -1.16. The van der Waals surface area contributed by atoms with Gasteiger partial charge in [0.2, 0.25) is 0 Å². The number of hydrogen-bond acceptors (Lipinski definition) is 4. The van der Waals surface area contributed by atoms with Crippen LogP contribution in [0.3, 0.4) is 0 Å². The van der Waals surface area contributed by atoms with E-state index < -0.39 is 18.1 Å². The molecule has 0 spiro atoms. The molecular weight excluding hydrogens is 382 g/mol. The predicted octanol–water partition coefficient (Wildman–Crippen LogP) is 3.34. The molecule has 7 nitrogen and oxygen atoms in total. The van der Waals surface area contributed by atoms with Crippen LogP contribution in [0.15, 0.2) is 60.8 Å². The fourth-order valence-electron chi connectivity index (χ4n) is 3.98. The van der Waals surface area contributed by atoms with Crippen LogP contribution in [0.1, 0.15) is 29.2 Å². The summed E-state index contributed by atoms with van der Waals surface area (Å²) in [5, 5.41) is 16.0. The Morgan fingerprint density at radius 2 is 1.73 bits per heavy atom. The minimum atomic E-state index is -1.09. The monoisotopic (exact) mass is 405 g/mol. The number of rotatable bonds is 7. The number of amides is 1. The molecule has 1 aromatic heterocycles. The number of fused-ring (bicyclic) bond motifs is 3. The third-order valence-electron chi connectivity index (χ3n) is 5.55. The van der Waals surface area contributed by atoms with Gasteiger partial charge in [-0.25, -0.2) is 9.59 Å². The largest absolute Gasteiger partial charge is 0.480 e. The molecule has 1 aliphatic carbocycles. The summed E-state index contributed by atoms with van der Waals surface area (Å²) in [6.45, 7) is 0.147. The van der Waals surface area contributed by atoms with E-state index in [0.29, 0.717) is 6.42 Å². The molecule has 30 heavy (non-hydrogen) atoms. The molecule has 2 N–H and O–H groups in total. The summed E-state index contributed by atoms with van der Waals surface area (Å²) in [6, 6.07) is 16.9. The summed E-state index contributed by atoms with van der Waals surface area (Å²) in [7, 11) is 1.80. The molecular formula is C23H23N3O4. The van der Waals surface area contributed by atoms with Crippen LogP contribution in [0, 0.1) is 0 Å². The second-order valence-corrected chi connectivity index (χ2v) is 7.35. The van der Waals surface area contributed by atoms with Crippen molar-refractivity contribution in [2.45, 2.75) is 24.8 Å². The van der Waals surface area contributed by atoms with E-state index in [4.69, 9.17) is 4.74 Å². The number of alkyl carbamates (subject to hydrolysis) is 1. The molecule has 1 atom stereocenters. The van der Waals surface area contributed by atoms with Crippen LogP contribution in [0.4, 0.5) is 4.79 Å². The number of carboxylic acids is 1. The summed E-state index contributed by atoms with van der Waals surface area (Å²) >= 11 is 0. The number of carboxylic acid groups (broad SMARTS) is 1. The Hall–Kier alpha value is -3.61. The Bertz CT molecular complexity index is 1030. The molecule has 1 amide bonds. The smallest absolute Gasteiger partial charge is 0.407 e. The van der Waals surface area contributed by atoms with Gasteiger partial charge in [-0.05, 0) is 41.2 Å². The zero-order valence-electron chi connectivity index (χ0n) is 16.6. The number of hydrogen-bond donors (Lipinski definition) is 2. The Kier molecular flexibility index (Phi) is 5.52. The van der Waals surface area contributed by atoms with Gasteiger partial charge in [0.25, 0.3) is 0 Å². The Balaban J connectivity index is 1.39. The van der Waals surface area contributed by atoms with Crippen LogP contribution in [-0.4, -0.2) is 39.6 Å². The Morgan fingerprint density at radius 3 is 2.30 bits per heavy atom. The SMILES string of the molecule is Cn1nccc1CCC(NC(=O)OCC1c2ccccc2-c2ccccc21)C(=O)O. The first kappa shape index (κ1) is 19.7. The standard InChI is InChI=1S/C23H23N3O4/c1-26-15(12-13-24-26)10-11-21(22(27)28)25-23(29)30-14-20-18-8-4-2-6-16(18)17-7-3-5-9-19(17)20/h2-9,12-13,20-21H,10-11,14H2,1H3,(H,25,29)(H,27,28). The van der Waals surface area contributed by atoms with Crippen LogP contribution >= 0.6 is 0 Å². The number of carbonyl (C=O) groups excluding carboxylic acids is 1. The second-order valence-electron chi connectivity index (χ2n) is 7.35. The third kappa shape index (κ3) is 3.91. The van der Waals surface area contributed by atoms with Gasteiger partial charge in [-0.15, -0.1) is 0 Å². The lowest BCUT2D eigenvalue weighted by Gasteiger charge is -2.17. The molecule has 0 bridgehead atoms. The first-order valence-corrected chi connectivity index (χ1v) is 9.86. The van der Waals surface area contributed by atoms with Crippen LogP contribution in [0.25, 0.3) is 11.1 Å². The van der Waals surface area contributed by atoms with Crippen molar-refractivity contribution in [2.75, 3.05) is 6.61 Å². The fraction of sp³-hybridized carbons (Fsp3) is 0.261. The molecule has 1 unspecified atom stereocenters. The molecule has 2 aromatic carbocycles. The number of nitrogens with one attached hydrogen (secondary N) is 1. The lowest BCUT2D eigenvalue weighted by molar-refractivity contribution is -0.139. The number of ether oxygens (including phenoxy) is 1. The molecule has 4 rings (SSSR count). The number of nitrogens with zero attached hydrogens (tertiary/aromatic N) is 2. The Morgan fingerprint density at radius 1 is 1.10 bits per heavy atom. The van der Waals surface area contributed by atoms with Crippen molar-refractivity contribution in [3.63, 3.8) is 0 Å². The van der Waals surface area contributed by atoms with Crippen molar-refractivity contribution in [1.29, 1.82) is 0 Å². The van der Waals surface area contributed by atoms with Crippen molar-refractivity contribution < 1.29 is 19.4 Å². The van der Waals surface area contributed by atoms with E-state index in [2.05, 4.69) is 22.5 Å². The summed E-state index contributed by atoms with van der Waals surface area (Å²) in [5.41, 5.74) is 5.40. The van der Waals surface area contributed by atoms with Crippen LogP contribution < -0.4 is 5.32 Å². The van der Waals surface area contributed by atoms with Crippen LogP contribution in [0.2, 0.25) is 0 Å². The number of benzene rings is 2. The summed E-state index contributed by atoms with van der Waals surface area (Å²) in [6.07, 6.45) is 1.66. The molecule has 0 fully saturated rings. The second kappa shape index (κ2) is 8.41. The highest BCUT2D eigenvalue weighted by atomic mass is 16.5. The minimum absolute atomic E-state index is 0.0686. The van der Waals surface area contributed by atoms with E-state index >= 15 is 0 Å². The summed E-state index contributed by atoms with van der Waals surface area (Å²) < 4.78 is 7.14. The van der Waals surface area contributed by atoms with Crippen LogP contribution in [-0.2, 0) is 23.0 Å². The molecule has 3 aromatic rings. The zero-order chi connectivity index (χ0) is 21.1. The van der Waals surface area contributed by atoms with E-state index in [-0.39, 0.29) is 18.9 Å². The van der Waals surface area contributed by atoms with Gasteiger partial charge in [-0.2, -0.15) is 5.10 Å². The van der Waals surface area contributed by atoms with Gasteiger partial charge in [-0.3, -0.25) is 4.68 Å². The maximum absolute atomic E-state index is 12.4. The first-order valence-electron chi connectivity index (χ1n) is 9.86. The number of aliphatic carboxylic acids is 1. The average molecular weight is 405 g/mol. The minimum Gasteiger partial charge on any atom is -0.480 e. The predicted molar refractivity (Wildman–Crippen MR) is 111 cm³/mol. The lowest BCUT2D eigenvalue weighted by Crippen LogP contribution is -2.41. The van der Waals surface area contributed by atoms with E-state index in [1.807, 2.05) is 42.5 Å². The van der Waals surface area contributed by atoms with E-state index in [0.717, 1.165) is 27.9 Å². The molecule has 1 heterocycles. The molecule has 154 valence electrons. The van der Waals surface area contributed by atoms with Gasteiger partial charge in [0, 0.05) is 24.9 Å². The van der Waals surface area contributed by atoms with Crippen molar-refractivity contribution in [3.8, 4) is 11.1 Å². The van der Waals surface area contributed by atoms with Gasteiger partial charge in [0.05, 0.1) is 0 Å². The molecule has 7 heteroatoms. The van der Waals surface area contributed by atoms with Crippen molar-refractivity contribution in [2.24, 2.45) is 7.05 Å². The number of aromatic nitrogens is 2. The first-order chi connectivity index (χ1) is 14.5. The fourth-order valence-corrected chi connectivity index (χ4v) is 3.98. The van der Waals surface area contributed by atoms with E-state index in [1.54, 1.807) is 17.9 Å². The maximum Gasteiger partial charge on any atom is 0.407 e. The Labute approximate surface area is 174 Å². The van der Waals surface area contributed by atoms with Gasteiger partial charge < -0.3 is 15.2 Å². The molecule has 0 radical (unpaired) electrons. The topological polar surface area (TPSA) is 93.5 Å². The van der Waals surface area contributed by atoms with Crippen molar-refractivity contribution in [3.05, 3.63) is 77.6 Å². The van der Waals surface area contributed by atoms with E-state index in [1.165, 1.54) is 0 Å². The summed E-state index contributed by atoms with van der Waals surface area (Å²) in [4.78, 5) is 23.9. The van der Waals surface area contributed by atoms with E-state index in [9.17, 15) is 14.7 Å². The highest BCUT2D eigenvalue weighted by Gasteiger charge is 2.29. The molecule has 0 saturated heterocycles. The normalized spacial score (nSPS) is 13.4. The van der Waals surface area contributed by atoms with Gasteiger partial charge in [0.15, 0.2) is 0 Å². The zero-order valence-corrected chi connectivity index (χ0v) is 16.6. The average Bonchev–Trinajstić information content (AvgIpc) is 3.30. The van der Waals surface area contributed by atoms with Crippen molar-refractivity contribution >= 4 is 12.1 Å². The molecule has 0 aliphatic heterocycles. The lowest BCUT2D eigenvalue weighted by atomic mass is 9.98. The van der Waals surface area contributed by atoms with Crippen molar-refractivity contribution in [1.82, 2.24) is 15.1 Å². The molecule has 1 aliphatic rings. The highest BCUT2D eigenvalue weighted by molar-refractivity contribution is 5.81. The highest BCUT2D eigenvalue weighted by Crippen LogP contribution is 2.44.